The lowest BCUT2D eigenvalue weighted by Crippen LogP contribution is -2.06. The Kier molecular flexibility index (Phi) is 3.11. The van der Waals surface area contributed by atoms with Crippen molar-refractivity contribution < 1.29 is 13.9 Å². The predicted molar refractivity (Wildman–Crippen MR) is 73.0 cm³/mol. The molecule has 0 amide bonds. The molecule has 0 atom stereocenters. The smallest absolute Gasteiger partial charge is 0.338 e. The van der Waals surface area contributed by atoms with E-state index in [9.17, 15) is 9.18 Å². The second kappa shape index (κ2) is 4.93. The van der Waals surface area contributed by atoms with E-state index in [4.69, 9.17) is 10.5 Å². The van der Waals surface area contributed by atoms with Crippen molar-refractivity contribution in [2.75, 3.05) is 5.73 Å². The standard InChI is InChI=1S/C13H10FN3O2S/c14-9-3-8(4-10(15)5-9)12(18)19-7-11-6-17-1-2-20-13(17)16-11/h1-6H,7,15H2. The molecule has 2 aromatic heterocycles. The van der Waals surface area contributed by atoms with Crippen molar-refractivity contribution in [3.63, 3.8) is 0 Å². The molecule has 3 rings (SSSR count). The summed E-state index contributed by atoms with van der Waals surface area (Å²) in [5.41, 5.74) is 6.38. The molecule has 0 spiro atoms. The van der Waals surface area contributed by atoms with E-state index in [2.05, 4.69) is 4.98 Å². The molecule has 0 fully saturated rings. The molecule has 2 N–H and O–H groups in total. The third-order valence-electron chi connectivity index (χ3n) is 2.65. The Hall–Kier alpha value is -2.41. The second-order valence-corrected chi connectivity index (χ2v) is 5.05. The van der Waals surface area contributed by atoms with Gasteiger partial charge in [0.15, 0.2) is 4.96 Å². The molecule has 0 aliphatic carbocycles. The summed E-state index contributed by atoms with van der Waals surface area (Å²) in [7, 11) is 0. The highest BCUT2D eigenvalue weighted by atomic mass is 32.1. The molecule has 0 saturated carbocycles. The van der Waals surface area contributed by atoms with Gasteiger partial charge in [-0.25, -0.2) is 14.2 Å². The van der Waals surface area contributed by atoms with Crippen molar-refractivity contribution in [3.8, 4) is 0 Å². The summed E-state index contributed by atoms with van der Waals surface area (Å²) >= 11 is 1.49. The van der Waals surface area contributed by atoms with Crippen LogP contribution in [0.5, 0.6) is 0 Å². The van der Waals surface area contributed by atoms with Crippen molar-refractivity contribution in [1.29, 1.82) is 0 Å². The number of carbonyl (C=O) groups excluding carboxylic acids is 1. The zero-order valence-electron chi connectivity index (χ0n) is 10.2. The number of hydrogen-bond acceptors (Lipinski definition) is 5. The third kappa shape index (κ3) is 2.48. The minimum absolute atomic E-state index is 0.0314. The summed E-state index contributed by atoms with van der Waals surface area (Å²) in [6.45, 7) is 0.0314. The van der Waals surface area contributed by atoms with Crippen molar-refractivity contribution in [2.24, 2.45) is 0 Å². The number of hydrogen-bond donors (Lipinski definition) is 1. The van der Waals surface area contributed by atoms with Crippen LogP contribution in [0.1, 0.15) is 16.1 Å². The summed E-state index contributed by atoms with van der Waals surface area (Å²) in [5.74, 6) is -1.20. The zero-order valence-corrected chi connectivity index (χ0v) is 11.1. The Balaban J connectivity index is 1.71. The SMILES string of the molecule is Nc1cc(F)cc(C(=O)OCc2cn3ccsc3n2)c1. The number of benzene rings is 1. The molecule has 102 valence electrons. The number of nitrogen functional groups attached to an aromatic ring is 1. The van der Waals surface area contributed by atoms with Gasteiger partial charge in [0.2, 0.25) is 0 Å². The Labute approximate surface area is 117 Å². The van der Waals surface area contributed by atoms with E-state index in [1.165, 1.54) is 17.4 Å². The fourth-order valence-corrected chi connectivity index (χ4v) is 2.52. The molecule has 0 saturated heterocycles. The first-order chi connectivity index (χ1) is 9.61. The highest BCUT2D eigenvalue weighted by Crippen LogP contribution is 2.14. The van der Waals surface area contributed by atoms with Crippen LogP contribution in [-0.2, 0) is 11.3 Å². The first kappa shape index (κ1) is 12.6. The molecule has 0 radical (unpaired) electrons. The minimum atomic E-state index is -0.632. The van der Waals surface area contributed by atoms with Gasteiger partial charge in [-0.3, -0.25) is 4.40 Å². The maximum absolute atomic E-state index is 13.1. The molecule has 0 unspecified atom stereocenters. The van der Waals surface area contributed by atoms with Gasteiger partial charge < -0.3 is 10.5 Å². The van der Waals surface area contributed by atoms with Crippen LogP contribution in [0.25, 0.3) is 4.96 Å². The number of aromatic nitrogens is 2. The molecule has 20 heavy (non-hydrogen) atoms. The molecule has 7 heteroatoms. The fraction of sp³-hybridized carbons (Fsp3) is 0.0769. The van der Waals surface area contributed by atoms with E-state index >= 15 is 0 Å². The van der Waals surface area contributed by atoms with Crippen LogP contribution >= 0.6 is 11.3 Å². The summed E-state index contributed by atoms with van der Waals surface area (Å²) in [6.07, 6.45) is 3.64. The number of anilines is 1. The Morgan fingerprint density at radius 2 is 2.30 bits per heavy atom. The molecule has 2 heterocycles. The summed E-state index contributed by atoms with van der Waals surface area (Å²) in [6, 6.07) is 3.60. The van der Waals surface area contributed by atoms with Gasteiger partial charge in [-0.05, 0) is 18.2 Å². The summed E-state index contributed by atoms with van der Waals surface area (Å²) in [5, 5.41) is 1.91. The van der Waals surface area contributed by atoms with E-state index in [1.54, 1.807) is 6.20 Å². The van der Waals surface area contributed by atoms with Crippen LogP contribution in [-0.4, -0.2) is 15.4 Å². The number of ether oxygens (including phenoxy) is 1. The number of carbonyl (C=O) groups is 1. The van der Waals surface area contributed by atoms with Crippen LogP contribution in [0.4, 0.5) is 10.1 Å². The van der Waals surface area contributed by atoms with Crippen LogP contribution in [0.2, 0.25) is 0 Å². The van der Waals surface area contributed by atoms with E-state index in [0.717, 1.165) is 17.1 Å². The van der Waals surface area contributed by atoms with E-state index in [-0.39, 0.29) is 17.9 Å². The lowest BCUT2D eigenvalue weighted by molar-refractivity contribution is 0.0468. The van der Waals surface area contributed by atoms with Gasteiger partial charge in [-0.15, -0.1) is 11.3 Å². The maximum Gasteiger partial charge on any atom is 0.338 e. The predicted octanol–water partition coefficient (Wildman–Crippen LogP) is 2.47. The molecular weight excluding hydrogens is 281 g/mol. The van der Waals surface area contributed by atoms with E-state index < -0.39 is 11.8 Å². The van der Waals surface area contributed by atoms with Crippen molar-refractivity contribution in [1.82, 2.24) is 9.38 Å². The Morgan fingerprint density at radius 1 is 1.45 bits per heavy atom. The normalized spacial score (nSPS) is 10.8. The topological polar surface area (TPSA) is 69.6 Å². The van der Waals surface area contributed by atoms with E-state index in [0.29, 0.717) is 5.69 Å². The minimum Gasteiger partial charge on any atom is -0.456 e. The van der Waals surface area contributed by atoms with Crippen molar-refractivity contribution in [2.45, 2.75) is 6.61 Å². The summed E-state index contributed by atoms with van der Waals surface area (Å²) < 4.78 is 20.1. The number of fused-ring (bicyclic) bond motifs is 1. The van der Waals surface area contributed by atoms with Gasteiger partial charge in [0, 0.05) is 23.5 Å². The zero-order chi connectivity index (χ0) is 14.1. The Morgan fingerprint density at radius 3 is 3.05 bits per heavy atom. The lowest BCUT2D eigenvalue weighted by atomic mass is 10.2. The van der Waals surface area contributed by atoms with E-state index in [1.807, 2.05) is 16.0 Å². The average Bonchev–Trinajstić information content (AvgIpc) is 2.95. The van der Waals surface area contributed by atoms with Gasteiger partial charge in [-0.2, -0.15) is 0 Å². The van der Waals surface area contributed by atoms with Crippen molar-refractivity contribution in [3.05, 3.63) is 53.0 Å². The number of rotatable bonds is 3. The number of imidazole rings is 1. The van der Waals surface area contributed by atoms with Gasteiger partial charge in [0.1, 0.15) is 12.4 Å². The largest absolute Gasteiger partial charge is 0.456 e. The third-order valence-corrected chi connectivity index (χ3v) is 3.42. The van der Waals surface area contributed by atoms with Crippen LogP contribution in [0, 0.1) is 5.82 Å². The lowest BCUT2D eigenvalue weighted by Gasteiger charge is -2.04. The maximum atomic E-state index is 13.1. The molecule has 3 aromatic rings. The molecule has 5 nitrogen and oxygen atoms in total. The van der Waals surface area contributed by atoms with Gasteiger partial charge >= 0.3 is 5.97 Å². The highest BCUT2D eigenvalue weighted by Gasteiger charge is 2.11. The number of nitrogens with two attached hydrogens (primary N) is 1. The highest BCUT2D eigenvalue weighted by molar-refractivity contribution is 7.15. The average molecular weight is 291 g/mol. The molecule has 0 aliphatic rings. The van der Waals surface area contributed by atoms with Crippen molar-refractivity contribution >= 4 is 28.0 Å². The molecule has 0 aliphatic heterocycles. The summed E-state index contributed by atoms with van der Waals surface area (Å²) in [4.78, 5) is 16.9. The van der Waals surface area contributed by atoms with Crippen LogP contribution in [0.3, 0.4) is 0 Å². The molecule has 1 aromatic carbocycles. The van der Waals surface area contributed by atoms with Gasteiger partial charge in [-0.1, -0.05) is 0 Å². The first-order valence-electron chi connectivity index (χ1n) is 5.76. The van der Waals surface area contributed by atoms with Gasteiger partial charge in [0.05, 0.1) is 11.3 Å². The monoisotopic (exact) mass is 291 g/mol. The Bertz CT molecular complexity index is 732. The molecule has 0 bridgehead atoms. The van der Waals surface area contributed by atoms with Crippen LogP contribution < -0.4 is 5.73 Å². The molecular formula is C13H10FN3O2S. The first-order valence-corrected chi connectivity index (χ1v) is 6.64. The fourth-order valence-electron chi connectivity index (χ4n) is 1.80. The number of nitrogens with zero attached hydrogens (tertiary/aromatic N) is 2. The quantitative estimate of drug-likeness (QED) is 0.594. The number of halogens is 1. The number of thiazole rings is 1. The second-order valence-electron chi connectivity index (χ2n) is 4.17. The number of esters is 1. The van der Waals surface area contributed by atoms with Gasteiger partial charge in [0.25, 0.3) is 0 Å². The van der Waals surface area contributed by atoms with Crippen LogP contribution in [0.15, 0.2) is 36.0 Å².